The van der Waals surface area contributed by atoms with Crippen LogP contribution in [-0.2, 0) is 11.3 Å². The smallest absolute Gasteiger partial charge is 0.158 e. The molecule has 0 spiro atoms. The number of nitrogens with one attached hydrogen (secondary N) is 1. The van der Waals surface area contributed by atoms with Gasteiger partial charge in [-0.2, -0.15) is 0 Å². The first kappa shape index (κ1) is 14.3. The van der Waals surface area contributed by atoms with Crippen molar-refractivity contribution in [2.75, 3.05) is 18.2 Å². The molecular weight excluding hydrogens is 258 g/mol. The molecule has 0 fully saturated rings. The van der Waals surface area contributed by atoms with Gasteiger partial charge in [0.1, 0.15) is 24.0 Å². The van der Waals surface area contributed by atoms with E-state index in [1.807, 2.05) is 20.8 Å². The van der Waals surface area contributed by atoms with Gasteiger partial charge < -0.3 is 20.3 Å². The molecule has 7 heteroatoms. The fraction of sp³-hybridized carbons (Fsp3) is 0.462. The quantitative estimate of drug-likeness (QED) is 0.862. The van der Waals surface area contributed by atoms with Crippen molar-refractivity contribution in [2.45, 2.75) is 33.4 Å². The highest BCUT2D eigenvalue weighted by atomic mass is 16.5. The highest BCUT2D eigenvalue weighted by Gasteiger charge is 2.17. The van der Waals surface area contributed by atoms with Gasteiger partial charge in [-0.3, -0.25) is 0 Å². The lowest BCUT2D eigenvalue weighted by Gasteiger charge is -2.15. The van der Waals surface area contributed by atoms with Crippen LogP contribution in [0.5, 0.6) is 0 Å². The van der Waals surface area contributed by atoms with Crippen molar-refractivity contribution in [1.29, 1.82) is 0 Å². The van der Waals surface area contributed by atoms with Crippen molar-refractivity contribution < 1.29 is 9.26 Å². The molecule has 1 atom stereocenters. The summed E-state index contributed by atoms with van der Waals surface area (Å²) in [6, 6.07) is 1.69. The van der Waals surface area contributed by atoms with Crippen molar-refractivity contribution in [3.8, 4) is 0 Å². The molecule has 2 rings (SSSR count). The summed E-state index contributed by atoms with van der Waals surface area (Å²) in [6.07, 6.45) is 0. The van der Waals surface area contributed by atoms with Crippen LogP contribution in [0.2, 0.25) is 0 Å². The van der Waals surface area contributed by atoms with E-state index in [1.54, 1.807) is 13.2 Å². The van der Waals surface area contributed by atoms with E-state index < -0.39 is 0 Å². The van der Waals surface area contributed by atoms with Gasteiger partial charge in [0.2, 0.25) is 0 Å². The molecule has 2 aromatic rings. The second-order valence-corrected chi connectivity index (χ2v) is 4.63. The number of nitrogens with two attached hydrogens (primary N) is 1. The third-order valence-corrected chi connectivity index (χ3v) is 2.95. The van der Waals surface area contributed by atoms with E-state index >= 15 is 0 Å². The Bertz CT molecular complexity index is 577. The molecule has 0 aliphatic carbocycles. The largest absolute Gasteiger partial charge is 0.384 e. The Morgan fingerprint density at radius 1 is 1.40 bits per heavy atom. The van der Waals surface area contributed by atoms with Gasteiger partial charge in [-0.15, -0.1) is 0 Å². The van der Waals surface area contributed by atoms with E-state index in [0.717, 1.165) is 17.0 Å². The third-order valence-electron chi connectivity index (χ3n) is 2.95. The lowest BCUT2D eigenvalue weighted by Crippen LogP contribution is -2.12. The maximum absolute atomic E-state index is 5.77. The van der Waals surface area contributed by atoms with Crippen molar-refractivity contribution in [2.24, 2.45) is 0 Å². The SMILES string of the molecule is COCc1nc(N)cc(NC(C)c2c(C)noc2C)n1. The summed E-state index contributed by atoms with van der Waals surface area (Å²) < 4.78 is 10.2. The Balaban J connectivity index is 2.21. The highest BCUT2D eigenvalue weighted by molar-refractivity contribution is 5.46. The fourth-order valence-corrected chi connectivity index (χ4v) is 2.19. The second-order valence-electron chi connectivity index (χ2n) is 4.63. The number of hydrogen-bond acceptors (Lipinski definition) is 7. The Labute approximate surface area is 117 Å². The predicted molar refractivity (Wildman–Crippen MR) is 75.2 cm³/mol. The second kappa shape index (κ2) is 5.87. The van der Waals surface area contributed by atoms with Crippen LogP contribution in [0, 0.1) is 13.8 Å². The zero-order valence-corrected chi connectivity index (χ0v) is 12.1. The van der Waals surface area contributed by atoms with Crippen LogP contribution >= 0.6 is 0 Å². The first-order valence-corrected chi connectivity index (χ1v) is 6.33. The van der Waals surface area contributed by atoms with Crippen molar-refractivity contribution >= 4 is 11.6 Å². The zero-order valence-electron chi connectivity index (χ0n) is 12.1. The van der Waals surface area contributed by atoms with Crippen molar-refractivity contribution in [1.82, 2.24) is 15.1 Å². The molecule has 0 radical (unpaired) electrons. The summed E-state index contributed by atoms with van der Waals surface area (Å²) in [4.78, 5) is 8.45. The van der Waals surface area contributed by atoms with E-state index in [9.17, 15) is 0 Å². The Morgan fingerprint density at radius 3 is 2.75 bits per heavy atom. The highest BCUT2D eigenvalue weighted by Crippen LogP contribution is 2.24. The number of nitrogen functional groups attached to an aromatic ring is 1. The molecule has 20 heavy (non-hydrogen) atoms. The van der Waals surface area contributed by atoms with Gasteiger partial charge in [-0.05, 0) is 20.8 Å². The molecule has 0 aliphatic heterocycles. The average Bonchev–Trinajstić information content (AvgIpc) is 2.68. The van der Waals surface area contributed by atoms with Crippen LogP contribution in [-0.4, -0.2) is 22.2 Å². The first-order valence-electron chi connectivity index (χ1n) is 6.33. The molecule has 0 aliphatic rings. The number of nitrogens with zero attached hydrogens (tertiary/aromatic N) is 3. The van der Waals surface area contributed by atoms with Crippen LogP contribution in [0.4, 0.5) is 11.6 Å². The molecule has 7 nitrogen and oxygen atoms in total. The van der Waals surface area contributed by atoms with Gasteiger partial charge in [0.15, 0.2) is 5.82 Å². The number of hydrogen-bond donors (Lipinski definition) is 2. The minimum Gasteiger partial charge on any atom is -0.384 e. The van der Waals surface area contributed by atoms with Crippen LogP contribution in [0.25, 0.3) is 0 Å². The number of aryl methyl sites for hydroxylation is 2. The summed E-state index contributed by atoms with van der Waals surface area (Å²) >= 11 is 0. The Morgan fingerprint density at radius 2 is 2.15 bits per heavy atom. The molecule has 1 unspecified atom stereocenters. The molecule has 2 heterocycles. The number of anilines is 2. The van der Waals surface area contributed by atoms with Crippen LogP contribution in [0.15, 0.2) is 10.6 Å². The molecule has 108 valence electrons. The number of ether oxygens (including phenoxy) is 1. The maximum atomic E-state index is 5.77. The van der Waals surface area contributed by atoms with E-state index in [1.165, 1.54) is 0 Å². The summed E-state index contributed by atoms with van der Waals surface area (Å²) in [5.74, 6) is 2.39. The summed E-state index contributed by atoms with van der Waals surface area (Å²) in [5.41, 5.74) is 7.65. The fourth-order valence-electron chi connectivity index (χ4n) is 2.19. The lowest BCUT2D eigenvalue weighted by molar-refractivity contribution is 0.178. The molecule has 0 saturated heterocycles. The predicted octanol–water partition coefficient (Wildman–Crippen LogP) is 1.98. The average molecular weight is 277 g/mol. The van der Waals surface area contributed by atoms with E-state index in [4.69, 9.17) is 15.0 Å². The van der Waals surface area contributed by atoms with E-state index in [2.05, 4.69) is 20.4 Å². The number of methoxy groups -OCH3 is 1. The van der Waals surface area contributed by atoms with Gasteiger partial charge in [0, 0.05) is 18.7 Å². The van der Waals surface area contributed by atoms with Crippen molar-refractivity contribution in [3.63, 3.8) is 0 Å². The Hall–Kier alpha value is -2.15. The van der Waals surface area contributed by atoms with Crippen LogP contribution in [0.1, 0.15) is 35.8 Å². The molecule has 2 aromatic heterocycles. The minimum absolute atomic E-state index is 0.00550. The molecular formula is C13H19N5O2. The summed E-state index contributed by atoms with van der Waals surface area (Å²) in [5, 5.41) is 7.23. The standard InChI is InChI=1S/C13H19N5O2/c1-7(13-8(2)18-20-9(13)3)15-11-5-10(14)16-12(17-11)6-19-4/h5,7H,6H2,1-4H3,(H3,14,15,16,17). The molecule has 0 bridgehead atoms. The van der Waals surface area contributed by atoms with Crippen LogP contribution in [0.3, 0.4) is 0 Å². The first-order chi connectivity index (χ1) is 9.51. The Kier molecular flexibility index (Phi) is 4.19. The number of aromatic nitrogens is 3. The van der Waals surface area contributed by atoms with Gasteiger partial charge in [-0.25, -0.2) is 9.97 Å². The van der Waals surface area contributed by atoms with Gasteiger partial charge in [-0.1, -0.05) is 5.16 Å². The summed E-state index contributed by atoms with van der Waals surface area (Å²) in [6.45, 7) is 6.13. The summed E-state index contributed by atoms with van der Waals surface area (Å²) in [7, 11) is 1.59. The molecule has 3 N–H and O–H groups in total. The van der Waals surface area contributed by atoms with Crippen LogP contribution < -0.4 is 11.1 Å². The van der Waals surface area contributed by atoms with Gasteiger partial charge in [0.25, 0.3) is 0 Å². The van der Waals surface area contributed by atoms with Gasteiger partial charge in [0.05, 0.1) is 11.7 Å². The minimum atomic E-state index is 0.00550. The van der Waals surface area contributed by atoms with E-state index in [0.29, 0.717) is 24.1 Å². The number of rotatable bonds is 5. The van der Waals surface area contributed by atoms with Crippen molar-refractivity contribution in [3.05, 3.63) is 28.9 Å². The molecule has 0 amide bonds. The third kappa shape index (κ3) is 3.05. The maximum Gasteiger partial charge on any atom is 0.158 e. The lowest BCUT2D eigenvalue weighted by atomic mass is 10.1. The monoisotopic (exact) mass is 277 g/mol. The topological polar surface area (TPSA) is 99.1 Å². The van der Waals surface area contributed by atoms with Gasteiger partial charge >= 0.3 is 0 Å². The normalized spacial score (nSPS) is 12.4. The zero-order chi connectivity index (χ0) is 14.7. The molecule has 0 aromatic carbocycles. The van der Waals surface area contributed by atoms with E-state index in [-0.39, 0.29) is 6.04 Å². The molecule has 0 saturated carbocycles.